The summed E-state index contributed by atoms with van der Waals surface area (Å²) in [5.74, 6) is 1.31. The summed E-state index contributed by atoms with van der Waals surface area (Å²) in [6, 6.07) is 20.1. The van der Waals surface area contributed by atoms with Crippen LogP contribution in [-0.4, -0.2) is 24.5 Å². The van der Waals surface area contributed by atoms with Gasteiger partial charge >= 0.3 is 0 Å². The Balaban J connectivity index is 1.63. The van der Waals surface area contributed by atoms with E-state index in [1.807, 2.05) is 59.4 Å². The van der Waals surface area contributed by atoms with Gasteiger partial charge < -0.3 is 5.73 Å². The highest BCUT2D eigenvalue weighted by Gasteiger charge is 2.20. The van der Waals surface area contributed by atoms with E-state index in [0.717, 1.165) is 40.0 Å². The second kappa shape index (κ2) is 7.75. The molecule has 0 atom stereocenters. The monoisotopic (exact) mass is 392 g/mol. The molecule has 4 heterocycles. The highest BCUT2D eigenvalue weighted by molar-refractivity contribution is 5.80. The van der Waals surface area contributed by atoms with Gasteiger partial charge in [0.2, 0.25) is 5.95 Å². The molecular formula is C24H20N6. The van der Waals surface area contributed by atoms with Crippen LogP contribution in [0.4, 0.5) is 5.95 Å². The van der Waals surface area contributed by atoms with Gasteiger partial charge in [0.15, 0.2) is 0 Å². The topological polar surface area (TPSA) is 82.5 Å². The molecular weight excluding hydrogens is 372 g/mol. The van der Waals surface area contributed by atoms with Gasteiger partial charge in [-0.25, -0.2) is 9.97 Å². The van der Waals surface area contributed by atoms with E-state index in [1.165, 1.54) is 0 Å². The third-order valence-electron chi connectivity index (χ3n) is 5.26. The molecule has 0 bridgehead atoms. The van der Waals surface area contributed by atoms with E-state index in [-0.39, 0.29) is 5.92 Å². The Morgan fingerprint density at radius 2 is 1.50 bits per heavy atom. The number of benzene rings is 1. The SMILES string of the molecule is Nc1nc2ccccc2n1-c1ncccc1CC(c1cccnc1)c1cccnc1. The molecule has 146 valence electrons. The van der Waals surface area contributed by atoms with Crippen molar-refractivity contribution in [3.8, 4) is 5.82 Å². The van der Waals surface area contributed by atoms with Crippen molar-refractivity contribution in [1.29, 1.82) is 0 Å². The minimum absolute atomic E-state index is 0.0892. The van der Waals surface area contributed by atoms with Gasteiger partial charge in [0.25, 0.3) is 0 Å². The number of hydrogen-bond donors (Lipinski definition) is 1. The lowest BCUT2D eigenvalue weighted by molar-refractivity contribution is 0.783. The number of rotatable bonds is 5. The molecule has 2 N–H and O–H groups in total. The number of fused-ring (bicyclic) bond motifs is 1. The fourth-order valence-electron chi connectivity index (χ4n) is 3.87. The van der Waals surface area contributed by atoms with Gasteiger partial charge in [0.05, 0.1) is 11.0 Å². The molecule has 0 fully saturated rings. The van der Waals surface area contributed by atoms with E-state index < -0.39 is 0 Å². The van der Waals surface area contributed by atoms with Gasteiger partial charge in [0.1, 0.15) is 5.82 Å². The first-order valence-electron chi connectivity index (χ1n) is 9.78. The molecule has 30 heavy (non-hydrogen) atoms. The predicted octanol–water partition coefficient (Wildman–Crippen LogP) is 4.17. The summed E-state index contributed by atoms with van der Waals surface area (Å²) in [6.45, 7) is 0. The predicted molar refractivity (Wildman–Crippen MR) is 117 cm³/mol. The largest absolute Gasteiger partial charge is 0.369 e. The molecule has 0 aliphatic carbocycles. The van der Waals surface area contributed by atoms with Crippen molar-refractivity contribution in [2.75, 3.05) is 5.73 Å². The Hall–Kier alpha value is -4.06. The summed E-state index contributed by atoms with van der Waals surface area (Å²) in [5.41, 5.74) is 11.4. The number of pyridine rings is 3. The Morgan fingerprint density at radius 1 is 0.800 bits per heavy atom. The van der Waals surface area contributed by atoms with Crippen molar-refractivity contribution in [2.24, 2.45) is 0 Å². The third-order valence-corrected chi connectivity index (χ3v) is 5.26. The van der Waals surface area contributed by atoms with Gasteiger partial charge in [-0.2, -0.15) is 0 Å². The molecule has 0 aliphatic rings. The number of anilines is 1. The lowest BCUT2D eigenvalue weighted by Crippen LogP contribution is -2.11. The van der Waals surface area contributed by atoms with Gasteiger partial charge in [0, 0.05) is 36.9 Å². The van der Waals surface area contributed by atoms with Crippen molar-refractivity contribution in [2.45, 2.75) is 12.3 Å². The minimum atomic E-state index is 0.0892. The van der Waals surface area contributed by atoms with E-state index >= 15 is 0 Å². The third kappa shape index (κ3) is 3.28. The van der Waals surface area contributed by atoms with Crippen molar-refractivity contribution in [1.82, 2.24) is 24.5 Å². The summed E-state index contributed by atoms with van der Waals surface area (Å²) in [6.07, 6.45) is 9.92. The van der Waals surface area contributed by atoms with Gasteiger partial charge in [-0.05, 0) is 53.4 Å². The first kappa shape index (κ1) is 18.0. The molecule has 1 aromatic carbocycles. The average molecular weight is 392 g/mol. The Bertz CT molecular complexity index is 1240. The second-order valence-corrected chi connectivity index (χ2v) is 7.11. The van der Waals surface area contributed by atoms with E-state index in [0.29, 0.717) is 5.95 Å². The quantitative estimate of drug-likeness (QED) is 0.485. The molecule has 0 amide bonds. The first-order valence-corrected chi connectivity index (χ1v) is 9.78. The molecule has 0 aliphatic heterocycles. The summed E-state index contributed by atoms with van der Waals surface area (Å²) >= 11 is 0. The van der Waals surface area contributed by atoms with Crippen LogP contribution in [0.1, 0.15) is 22.6 Å². The van der Waals surface area contributed by atoms with Crippen molar-refractivity contribution in [3.05, 3.63) is 108 Å². The number of imidazole rings is 1. The Kier molecular flexibility index (Phi) is 4.65. The lowest BCUT2D eigenvalue weighted by Gasteiger charge is -2.19. The van der Waals surface area contributed by atoms with Gasteiger partial charge in [-0.3, -0.25) is 14.5 Å². The summed E-state index contributed by atoms with van der Waals surface area (Å²) in [4.78, 5) is 17.8. The maximum atomic E-state index is 6.30. The van der Waals surface area contributed by atoms with Crippen LogP contribution in [0, 0.1) is 0 Å². The van der Waals surface area contributed by atoms with Crippen LogP contribution < -0.4 is 5.73 Å². The summed E-state index contributed by atoms with van der Waals surface area (Å²) in [5, 5.41) is 0. The van der Waals surface area contributed by atoms with Crippen LogP contribution in [0.15, 0.2) is 91.6 Å². The standard InChI is InChI=1S/C24H20N6/c25-24-29-21-9-1-2-10-22(21)30(24)23-17(6-5-13-28-23)14-20(18-7-3-11-26-15-18)19-8-4-12-27-16-19/h1-13,15-16,20H,14H2,(H2,25,29). The number of nitrogen functional groups attached to an aromatic ring is 1. The summed E-state index contributed by atoms with van der Waals surface area (Å²) in [7, 11) is 0. The van der Waals surface area contributed by atoms with Gasteiger partial charge in [-0.15, -0.1) is 0 Å². The van der Waals surface area contributed by atoms with E-state index in [1.54, 1.807) is 18.6 Å². The molecule has 6 heteroatoms. The zero-order chi connectivity index (χ0) is 20.3. The van der Waals surface area contributed by atoms with E-state index in [2.05, 4.69) is 38.1 Å². The van der Waals surface area contributed by atoms with E-state index in [4.69, 9.17) is 5.73 Å². The number of hydrogen-bond acceptors (Lipinski definition) is 5. The Morgan fingerprint density at radius 3 is 2.20 bits per heavy atom. The maximum absolute atomic E-state index is 6.30. The fourth-order valence-corrected chi connectivity index (χ4v) is 3.87. The minimum Gasteiger partial charge on any atom is -0.369 e. The van der Waals surface area contributed by atoms with Crippen LogP contribution in [0.3, 0.4) is 0 Å². The van der Waals surface area contributed by atoms with Crippen LogP contribution in [0.25, 0.3) is 16.9 Å². The molecule has 0 saturated heterocycles. The molecule has 4 aromatic heterocycles. The van der Waals surface area contributed by atoms with Gasteiger partial charge in [-0.1, -0.05) is 30.3 Å². The number of nitrogens with zero attached hydrogens (tertiary/aromatic N) is 5. The average Bonchev–Trinajstić information content (AvgIpc) is 3.14. The highest BCUT2D eigenvalue weighted by atomic mass is 15.2. The van der Waals surface area contributed by atoms with Crippen LogP contribution in [0.5, 0.6) is 0 Å². The van der Waals surface area contributed by atoms with Crippen LogP contribution in [0.2, 0.25) is 0 Å². The van der Waals surface area contributed by atoms with Crippen LogP contribution >= 0.6 is 0 Å². The maximum Gasteiger partial charge on any atom is 0.207 e. The highest BCUT2D eigenvalue weighted by Crippen LogP contribution is 2.31. The zero-order valence-electron chi connectivity index (χ0n) is 16.3. The lowest BCUT2D eigenvalue weighted by atomic mass is 9.87. The number of aromatic nitrogens is 5. The number of nitrogens with two attached hydrogens (primary N) is 1. The molecule has 0 unspecified atom stereocenters. The molecule has 0 radical (unpaired) electrons. The van der Waals surface area contributed by atoms with Crippen molar-refractivity contribution >= 4 is 17.0 Å². The van der Waals surface area contributed by atoms with E-state index in [9.17, 15) is 0 Å². The molecule has 0 saturated carbocycles. The normalized spacial score (nSPS) is 11.2. The number of para-hydroxylation sites is 2. The molecule has 5 aromatic rings. The first-order chi connectivity index (χ1) is 14.8. The Labute approximate surface area is 174 Å². The van der Waals surface area contributed by atoms with Crippen LogP contribution in [-0.2, 0) is 6.42 Å². The second-order valence-electron chi connectivity index (χ2n) is 7.11. The fraction of sp³-hybridized carbons (Fsp3) is 0.0833. The molecule has 6 nitrogen and oxygen atoms in total. The van der Waals surface area contributed by atoms with Crippen molar-refractivity contribution in [3.63, 3.8) is 0 Å². The molecule has 0 spiro atoms. The van der Waals surface area contributed by atoms with Crippen molar-refractivity contribution < 1.29 is 0 Å². The zero-order valence-corrected chi connectivity index (χ0v) is 16.3. The smallest absolute Gasteiger partial charge is 0.207 e. The molecule has 5 rings (SSSR count). The summed E-state index contributed by atoms with van der Waals surface area (Å²) < 4.78 is 1.92.